The Labute approximate surface area is 153 Å². The molecule has 0 unspecified atom stereocenters. The molecular formula is C19H15FN2O5. The van der Waals surface area contributed by atoms with Gasteiger partial charge in [-0.05, 0) is 30.3 Å². The molecule has 0 fully saturated rings. The zero-order chi connectivity index (χ0) is 19.4. The van der Waals surface area contributed by atoms with Gasteiger partial charge in [0.15, 0.2) is 12.4 Å². The van der Waals surface area contributed by atoms with Gasteiger partial charge in [0.25, 0.3) is 5.91 Å². The first-order chi connectivity index (χ1) is 13.0. The van der Waals surface area contributed by atoms with Gasteiger partial charge in [-0.2, -0.15) is 5.10 Å². The van der Waals surface area contributed by atoms with E-state index < -0.39 is 17.5 Å². The third-order valence-corrected chi connectivity index (χ3v) is 3.71. The van der Waals surface area contributed by atoms with E-state index in [0.29, 0.717) is 5.75 Å². The van der Waals surface area contributed by atoms with E-state index in [4.69, 9.17) is 9.47 Å². The summed E-state index contributed by atoms with van der Waals surface area (Å²) in [6.45, 7) is -0.386. The number of rotatable bonds is 6. The van der Waals surface area contributed by atoms with Crippen molar-refractivity contribution in [1.82, 2.24) is 9.78 Å². The molecule has 0 aliphatic carbocycles. The van der Waals surface area contributed by atoms with Crippen molar-refractivity contribution in [3.05, 3.63) is 71.8 Å². The van der Waals surface area contributed by atoms with Crippen molar-refractivity contribution in [1.29, 1.82) is 0 Å². The van der Waals surface area contributed by atoms with E-state index in [2.05, 4.69) is 5.10 Å². The third kappa shape index (κ3) is 4.12. The van der Waals surface area contributed by atoms with Crippen molar-refractivity contribution in [2.45, 2.75) is 0 Å². The molecule has 0 aliphatic heterocycles. The Morgan fingerprint density at radius 1 is 1.19 bits per heavy atom. The number of carbonyl (C=O) groups is 2. The fraction of sp³-hybridized carbons (Fsp3) is 0.105. The largest absolute Gasteiger partial charge is 0.507 e. The molecule has 2 aromatic carbocycles. The predicted molar refractivity (Wildman–Crippen MR) is 92.8 cm³/mol. The Hall–Kier alpha value is -3.68. The first kappa shape index (κ1) is 18.1. The minimum atomic E-state index is -0.548. The van der Waals surface area contributed by atoms with Crippen LogP contribution in [0.4, 0.5) is 4.39 Å². The smallest absolute Gasteiger partial charge is 0.284 e. The van der Waals surface area contributed by atoms with Crippen LogP contribution in [0, 0.1) is 5.82 Å². The van der Waals surface area contributed by atoms with Crippen LogP contribution in [0.15, 0.2) is 54.9 Å². The molecular weight excluding hydrogens is 355 g/mol. The van der Waals surface area contributed by atoms with Gasteiger partial charge in [0.1, 0.15) is 23.1 Å². The van der Waals surface area contributed by atoms with Crippen molar-refractivity contribution < 1.29 is 28.6 Å². The van der Waals surface area contributed by atoms with Gasteiger partial charge in [0, 0.05) is 12.3 Å². The van der Waals surface area contributed by atoms with E-state index in [0.717, 1.165) is 10.7 Å². The van der Waals surface area contributed by atoms with Crippen LogP contribution >= 0.6 is 0 Å². The van der Waals surface area contributed by atoms with Crippen LogP contribution in [-0.4, -0.2) is 40.3 Å². The van der Waals surface area contributed by atoms with E-state index in [9.17, 15) is 19.1 Å². The van der Waals surface area contributed by atoms with E-state index >= 15 is 0 Å². The van der Waals surface area contributed by atoms with Crippen LogP contribution < -0.4 is 9.47 Å². The molecule has 0 saturated carbocycles. The molecule has 7 nitrogen and oxygen atoms in total. The Kier molecular flexibility index (Phi) is 5.16. The summed E-state index contributed by atoms with van der Waals surface area (Å²) in [5, 5.41) is 13.7. The van der Waals surface area contributed by atoms with Crippen LogP contribution in [0.5, 0.6) is 17.2 Å². The molecule has 27 heavy (non-hydrogen) atoms. The van der Waals surface area contributed by atoms with Gasteiger partial charge in [0.2, 0.25) is 0 Å². The number of ether oxygens (including phenoxy) is 2. The van der Waals surface area contributed by atoms with Gasteiger partial charge in [-0.1, -0.05) is 6.07 Å². The van der Waals surface area contributed by atoms with Crippen molar-refractivity contribution in [2.75, 3.05) is 13.7 Å². The van der Waals surface area contributed by atoms with Crippen LogP contribution in [0.3, 0.4) is 0 Å². The van der Waals surface area contributed by atoms with E-state index in [1.54, 1.807) is 0 Å². The van der Waals surface area contributed by atoms with Crippen molar-refractivity contribution in [3.63, 3.8) is 0 Å². The van der Waals surface area contributed by atoms with E-state index in [-0.39, 0.29) is 29.2 Å². The lowest BCUT2D eigenvalue weighted by molar-refractivity contribution is 0.0821. The lowest BCUT2D eigenvalue weighted by Crippen LogP contribution is -2.19. The number of methoxy groups -OCH3 is 1. The lowest BCUT2D eigenvalue weighted by atomic mass is 10.1. The Bertz CT molecular complexity index is 999. The van der Waals surface area contributed by atoms with Gasteiger partial charge in [-0.3, -0.25) is 9.59 Å². The summed E-state index contributed by atoms with van der Waals surface area (Å²) in [5.41, 5.74) is 0.134. The Morgan fingerprint density at radius 2 is 2.00 bits per heavy atom. The minimum Gasteiger partial charge on any atom is -0.507 e. The number of halogens is 1. The van der Waals surface area contributed by atoms with Crippen LogP contribution in [-0.2, 0) is 0 Å². The summed E-state index contributed by atoms with van der Waals surface area (Å²) in [4.78, 5) is 24.7. The highest BCUT2D eigenvalue weighted by atomic mass is 19.1. The average Bonchev–Trinajstić information content (AvgIpc) is 3.16. The number of benzene rings is 2. The molecule has 0 amide bonds. The predicted octanol–water partition coefficient (Wildman–Crippen LogP) is 2.69. The number of carbonyl (C=O) groups excluding carboxylic acids is 2. The highest BCUT2D eigenvalue weighted by molar-refractivity contribution is 6.10. The molecule has 138 valence electrons. The van der Waals surface area contributed by atoms with Gasteiger partial charge < -0.3 is 14.6 Å². The highest BCUT2D eigenvalue weighted by Gasteiger charge is 2.18. The van der Waals surface area contributed by atoms with Gasteiger partial charge in [-0.25, -0.2) is 9.07 Å². The number of aromatic nitrogens is 2. The Balaban J connectivity index is 1.72. The fourth-order valence-corrected chi connectivity index (χ4v) is 2.32. The van der Waals surface area contributed by atoms with Gasteiger partial charge in [-0.15, -0.1) is 0 Å². The molecule has 0 bridgehead atoms. The zero-order valence-corrected chi connectivity index (χ0v) is 14.3. The molecule has 3 aromatic rings. The second kappa shape index (κ2) is 7.69. The van der Waals surface area contributed by atoms with Crippen molar-refractivity contribution in [3.8, 4) is 17.2 Å². The number of ketones is 1. The number of hydrogen-bond acceptors (Lipinski definition) is 6. The standard InChI is InChI=1S/C19H15FN2O5/c1-26-14-5-6-17(23)16(8-14)19(25)12-9-21-22(10-12)18(24)11-27-15-4-2-3-13(20)7-15/h2-10,23H,11H2,1H3. The van der Waals surface area contributed by atoms with E-state index in [1.165, 1.54) is 55.9 Å². The molecule has 0 atom stereocenters. The quantitative estimate of drug-likeness (QED) is 0.671. The molecule has 0 saturated heterocycles. The number of hydrogen-bond donors (Lipinski definition) is 1. The number of aromatic hydroxyl groups is 1. The first-order valence-corrected chi connectivity index (χ1v) is 7.86. The summed E-state index contributed by atoms with van der Waals surface area (Å²) in [7, 11) is 1.44. The maximum atomic E-state index is 13.1. The molecule has 0 radical (unpaired) electrons. The summed E-state index contributed by atoms with van der Waals surface area (Å²) in [5.74, 6) is -1.15. The zero-order valence-electron chi connectivity index (χ0n) is 14.3. The summed E-state index contributed by atoms with van der Waals surface area (Å²) in [6.07, 6.45) is 2.44. The molecule has 8 heteroatoms. The van der Waals surface area contributed by atoms with Crippen LogP contribution in [0.25, 0.3) is 0 Å². The van der Waals surface area contributed by atoms with Gasteiger partial charge >= 0.3 is 0 Å². The van der Waals surface area contributed by atoms with Crippen LogP contribution in [0.2, 0.25) is 0 Å². The van der Waals surface area contributed by atoms with Gasteiger partial charge in [0.05, 0.1) is 24.4 Å². The first-order valence-electron chi connectivity index (χ1n) is 7.86. The molecule has 1 heterocycles. The minimum absolute atomic E-state index is 0.0253. The molecule has 3 rings (SSSR count). The monoisotopic (exact) mass is 370 g/mol. The van der Waals surface area contributed by atoms with Crippen molar-refractivity contribution in [2.24, 2.45) is 0 Å². The van der Waals surface area contributed by atoms with Crippen LogP contribution in [0.1, 0.15) is 20.7 Å². The average molecular weight is 370 g/mol. The molecule has 0 aliphatic rings. The molecule has 1 N–H and O–H groups in total. The Morgan fingerprint density at radius 3 is 2.74 bits per heavy atom. The maximum absolute atomic E-state index is 13.1. The number of phenolic OH excluding ortho intramolecular Hbond substituents is 1. The lowest BCUT2D eigenvalue weighted by Gasteiger charge is -2.06. The summed E-state index contributed by atoms with van der Waals surface area (Å²) in [6, 6.07) is 9.63. The highest BCUT2D eigenvalue weighted by Crippen LogP contribution is 2.25. The summed E-state index contributed by atoms with van der Waals surface area (Å²) < 4.78 is 24.3. The van der Waals surface area contributed by atoms with E-state index in [1.807, 2.05) is 0 Å². The normalized spacial score (nSPS) is 10.4. The number of nitrogens with zero attached hydrogens (tertiary/aromatic N) is 2. The summed E-state index contributed by atoms with van der Waals surface area (Å²) >= 11 is 0. The SMILES string of the molecule is COc1ccc(O)c(C(=O)c2cnn(C(=O)COc3cccc(F)c3)c2)c1. The molecule has 1 aromatic heterocycles. The second-order valence-electron chi connectivity index (χ2n) is 5.53. The third-order valence-electron chi connectivity index (χ3n) is 3.71. The fourth-order valence-electron chi connectivity index (χ4n) is 2.32. The van der Waals surface area contributed by atoms with Crippen molar-refractivity contribution >= 4 is 11.7 Å². The topological polar surface area (TPSA) is 90.6 Å². The number of phenols is 1. The molecule has 0 spiro atoms. The second-order valence-corrected chi connectivity index (χ2v) is 5.53. The maximum Gasteiger partial charge on any atom is 0.284 e.